The topological polar surface area (TPSA) is 86.7 Å². The molecule has 0 spiro atoms. The average Bonchev–Trinajstić information content (AvgIpc) is 2.58. The molecular weight excluding hydrogens is 256 g/mol. The number of carbonyl (C=O) groups excluding carboxylic acids is 2. The summed E-state index contributed by atoms with van der Waals surface area (Å²) in [6.45, 7) is 0. The van der Waals surface area contributed by atoms with Gasteiger partial charge in [0.2, 0.25) is 0 Å². The van der Waals surface area contributed by atoms with Crippen molar-refractivity contribution in [2.24, 2.45) is 0 Å². The second-order valence-corrected chi connectivity index (χ2v) is 4.74. The predicted octanol–water partition coefficient (Wildman–Crippen LogP) is 1.45. The molecule has 6 nitrogen and oxygen atoms in total. The van der Waals surface area contributed by atoms with Crippen molar-refractivity contribution in [1.82, 2.24) is 4.90 Å². The van der Waals surface area contributed by atoms with Gasteiger partial charge in [0, 0.05) is 12.7 Å². The molecule has 2 N–H and O–H groups in total. The fraction of sp³-hybridized carbons (Fsp3) is 0.182. The summed E-state index contributed by atoms with van der Waals surface area (Å²) in [5.41, 5.74) is 0.757. The summed E-state index contributed by atoms with van der Waals surface area (Å²) < 4.78 is 0. The monoisotopic (exact) mass is 266 g/mol. The standard InChI is InChI=1S/C11H10N2O4S/c1-13-9(14)8(18-11(13)17)12-7-4-2-6(3-5-7)10(15)16/h2-5,8,12H,1H3,(H,15,16). The van der Waals surface area contributed by atoms with E-state index in [0.29, 0.717) is 5.69 Å². The van der Waals surface area contributed by atoms with Gasteiger partial charge in [0.1, 0.15) is 0 Å². The van der Waals surface area contributed by atoms with Crippen LogP contribution in [0.4, 0.5) is 10.5 Å². The van der Waals surface area contributed by atoms with Crippen LogP contribution in [0.25, 0.3) is 0 Å². The molecular formula is C11H10N2O4S. The summed E-state index contributed by atoms with van der Waals surface area (Å²) in [5, 5.41) is 10.7. The lowest BCUT2D eigenvalue weighted by atomic mass is 10.2. The molecule has 1 unspecified atom stereocenters. The fourth-order valence-corrected chi connectivity index (χ4v) is 2.35. The SMILES string of the molecule is CN1C(=O)SC(Nc2ccc(C(=O)O)cc2)C1=O. The molecule has 1 aromatic rings. The minimum Gasteiger partial charge on any atom is -0.478 e. The molecule has 1 fully saturated rings. The number of anilines is 1. The Balaban J connectivity index is 2.08. The van der Waals surface area contributed by atoms with Gasteiger partial charge in [-0.25, -0.2) is 4.79 Å². The summed E-state index contributed by atoms with van der Waals surface area (Å²) >= 11 is 0.897. The number of hydrogen-bond acceptors (Lipinski definition) is 5. The Morgan fingerprint density at radius 3 is 2.39 bits per heavy atom. The highest BCUT2D eigenvalue weighted by molar-refractivity contribution is 8.15. The summed E-state index contributed by atoms with van der Waals surface area (Å²) in [5.74, 6) is -1.32. The minimum atomic E-state index is -1.01. The molecule has 0 saturated carbocycles. The fourth-order valence-electron chi connectivity index (χ4n) is 1.45. The normalized spacial score (nSPS) is 19.2. The first-order valence-corrected chi connectivity index (χ1v) is 5.95. The van der Waals surface area contributed by atoms with Crippen LogP contribution in [-0.4, -0.2) is 39.5 Å². The molecule has 7 heteroatoms. The lowest BCUT2D eigenvalue weighted by molar-refractivity contribution is -0.125. The Hall–Kier alpha value is -2.02. The van der Waals surface area contributed by atoms with Crippen molar-refractivity contribution in [3.63, 3.8) is 0 Å². The van der Waals surface area contributed by atoms with Gasteiger partial charge in [-0.15, -0.1) is 0 Å². The molecule has 94 valence electrons. The second kappa shape index (κ2) is 4.69. The Morgan fingerprint density at radius 1 is 1.33 bits per heavy atom. The van der Waals surface area contributed by atoms with Crippen LogP contribution in [0.3, 0.4) is 0 Å². The van der Waals surface area contributed by atoms with Gasteiger partial charge >= 0.3 is 5.97 Å². The zero-order valence-electron chi connectivity index (χ0n) is 9.41. The molecule has 0 radical (unpaired) electrons. The van der Waals surface area contributed by atoms with E-state index in [0.717, 1.165) is 16.7 Å². The minimum absolute atomic E-state index is 0.166. The summed E-state index contributed by atoms with van der Waals surface area (Å²) in [6.07, 6.45) is 0. The molecule has 2 rings (SSSR count). The second-order valence-electron chi connectivity index (χ2n) is 3.69. The van der Waals surface area contributed by atoms with Gasteiger partial charge in [0.05, 0.1) is 5.56 Å². The molecule has 0 bridgehead atoms. The Bertz CT molecular complexity index is 514. The van der Waals surface area contributed by atoms with E-state index in [-0.39, 0.29) is 16.7 Å². The van der Waals surface area contributed by atoms with E-state index < -0.39 is 11.3 Å². The highest BCUT2D eigenvalue weighted by Crippen LogP contribution is 2.26. The largest absolute Gasteiger partial charge is 0.478 e. The molecule has 0 aromatic heterocycles. The van der Waals surface area contributed by atoms with E-state index in [1.165, 1.54) is 19.2 Å². The number of likely N-dealkylation sites (N-methyl/N-ethyl adjacent to an activating group) is 1. The Kier molecular flexibility index (Phi) is 3.24. The number of carboxylic acids is 1. The van der Waals surface area contributed by atoms with E-state index in [1.807, 2.05) is 0 Å². The number of nitrogens with zero attached hydrogens (tertiary/aromatic N) is 1. The number of rotatable bonds is 3. The Labute approximate surface area is 107 Å². The van der Waals surface area contributed by atoms with Crippen LogP contribution in [0.1, 0.15) is 10.4 Å². The predicted molar refractivity (Wildman–Crippen MR) is 66.6 cm³/mol. The molecule has 1 atom stereocenters. The molecule has 1 saturated heterocycles. The van der Waals surface area contributed by atoms with Crippen LogP contribution < -0.4 is 5.32 Å². The number of thioether (sulfide) groups is 1. The average molecular weight is 266 g/mol. The van der Waals surface area contributed by atoms with Crippen molar-refractivity contribution in [3.05, 3.63) is 29.8 Å². The van der Waals surface area contributed by atoms with E-state index in [4.69, 9.17) is 5.11 Å². The van der Waals surface area contributed by atoms with Crippen molar-refractivity contribution in [2.75, 3.05) is 12.4 Å². The van der Waals surface area contributed by atoms with Crippen molar-refractivity contribution >= 4 is 34.6 Å². The zero-order chi connectivity index (χ0) is 13.3. The molecule has 1 aliphatic rings. The molecule has 18 heavy (non-hydrogen) atoms. The van der Waals surface area contributed by atoms with Gasteiger partial charge in [-0.05, 0) is 36.0 Å². The number of amides is 2. The first-order chi connectivity index (χ1) is 8.49. The highest BCUT2D eigenvalue weighted by Gasteiger charge is 2.37. The Morgan fingerprint density at radius 2 is 1.94 bits per heavy atom. The molecule has 2 amide bonds. The zero-order valence-corrected chi connectivity index (χ0v) is 10.2. The van der Waals surface area contributed by atoms with Gasteiger partial charge in [-0.2, -0.15) is 0 Å². The number of nitrogens with one attached hydrogen (secondary N) is 1. The van der Waals surface area contributed by atoms with Crippen molar-refractivity contribution in [1.29, 1.82) is 0 Å². The quantitative estimate of drug-likeness (QED) is 0.861. The number of carboxylic acid groups (broad SMARTS) is 1. The smallest absolute Gasteiger partial charge is 0.335 e. The number of benzene rings is 1. The summed E-state index contributed by atoms with van der Waals surface area (Å²) in [4.78, 5) is 34.6. The summed E-state index contributed by atoms with van der Waals surface area (Å²) in [6, 6.07) is 5.97. The third-order valence-electron chi connectivity index (χ3n) is 2.48. The highest BCUT2D eigenvalue weighted by atomic mass is 32.2. The summed E-state index contributed by atoms with van der Waals surface area (Å²) in [7, 11) is 1.42. The molecule has 1 aromatic carbocycles. The van der Waals surface area contributed by atoms with Gasteiger partial charge in [0.25, 0.3) is 11.1 Å². The first kappa shape index (κ1) is 12.4. The van der Waals surface area contributed by atoms with Crippen LogP contribution in [-0.2, 0) is 4.79 Å². The molecule has 1 heterocycles. The molecule has 1 aliphatic heterocycles. The number of hydrogen-bond donors (Lipinski definition) is 2. The van der Waals surface area contributed by atoms with E-state index >= 15 is 0 Å². The van der Waals surface area contributed by atoms with Gasteiger partial charge in [0.15, 0.2) is 5.37 Å². The van der Waals surface area contributed by atoms with Gasteiger partial charge < -0.3 is 10.4 Å². The van der Waals surface area contributed by atoms with Crippen LogP contribution in [0.2, 0.25) is 0 Å². The van der Waals surface area contributed by atoms with Crippen molar-refractivity contribution in [3.8, 4) is 0 Å². The maximum Gasteiger partial charge on any atom is 0.335 e. The maximum absolute atomic E-state index is 11.6. The molecule has 0 aliphatic carbocycles. The van der Waals surface area contributed by atoms with E-state index in [2.05, 4.69) is 5.32 Å². The van der Waals surface area contributed by atoms with Gasteiger partial charge in [-0.1, -0.05) is 0 Å². The number of aromatic carboxylic acids is 1. The van der Waals surface area contributed by atoms with Crippen molar-refractivity contribution in [2.45, 2.75) is 5.37 Å². The van der Waals surface area contributed by atoms with Crippen LogP contribution >= 0.6 is 11.8 Å². The number of imide groups is 1. The third kappa shape index (κ3) is 2.30. The van der Waals surface area contributed by atoms with Crippen LogP contribution in [0.5, 0.6) is 0 Å². The van der Waals surface area contributed by atoms with Gasteiger partial charge in [-0.3, -0.25) is 14.5 Å². The first-order valence-electron chi connectivity index (χ1n) is 5.07. The lowest BCUT2D eigenvalue weighted by Crippen LogP contribution is -2.31. The maximum atomic E-state index is 11.6. The van der Waals surface area contributed by atoms with Crippen LogP contribution in [0.15, 0.2) is 24.3 Å². The van der Waals surface area contributed by atoms with E-state index in [9.17, 15) is 14.4 Å². The van der Waals surface area contributed by atoms with E-state index in [1.54, 1.807) is 12.1 Å². The van der Waals surface area contributed by atoms with Crippen molar-refractivity contribution < 1.29 is 19.5 Å². The number of carbonyl (C=O) groups is 3. The third-order valence-corrected chi connectivity index (χ3v) is 3.51. The lowest BCUT2D eigenvalue weighted by Gasteiger charge is -2.11. The van der Waals surface area contributed by atoms with Crippen LogP contribution in [0, 0.1) is 0 Å².